The standard InChI is InChI=1S/C9H15IO3/c1-5-7-8(6(4-10)11-5)13-9(2,3)12-7/h5-8H,4H2,1-3H3/t5-,6+,7-,8+/m0/s1. The number of halogens is 1. The van der Waals surface area contributed by atoms with E-state index in [4.69, 9.17) is 14.2 Å². The lowest BCUT2D eigenvalue weighted by atomic mass is 10.1. The summed E-state index contributed by atoms with van der Waals surface area (Å²) in [7, 11) is 0. The highest BCUT2D eigenvalue weighted by Gasteiger charge is 2.53. The Labute approximate surface area is 92.2 Å². The third-order valence-electron chi connectivity index (χ3n) is 2.53. The molecule has 2 fully saturated rings. The van der Waals surface area contributed by atoms with E-state index in [1.54, 1.807) is 0 Å². The van der Waals surface area contributed by atoms with E-state index in [-0.39, 0.29) is 24.4 Å². The van der Waals surface area contributed by atoms with Crippen molar-refractivity contribution in [1.82, 2.24) is 0 Å². The average molecular weight is 298 g/mol. The largest absolute Gasteiger partial charge is 0.369 e. The first kappa shape index (κ1) is 10.1. The molecule has 0 aromatic heterocycles. The molecule has 0 aromatic rings. The van der Waals surface area contributed by atoms with Crippen molar-refractivity contribution in [3.8, 4) is 0 Å². The van der Waals surface area contributed by atoms with Crippen LogP contribution in [0.15, 0.2) is 0 Å². The highest BCUT2D eigenvalue weighted by molar-refractivity contribution is 14.1. The third-order valence-corrected chi connectivity index (χ3v) is 3.40. The number of rotatable bonds is 1. The molecule has 13 heavy (non-hydrogen) atoms. The van der Waals surface area contributed by atoms with Gasteiger partial charge in [-0.15, -0.1) is 0 Å². The van der Waals surface area contributed by atoms with Gasteiger partial charge in [0.25, 0.3) is 0 Å². The number of fused-ring (bicyclic) bond motifs is 1. The third kappa shape index (κ3) is 1.73. The van der Waals surface area contributed by atoms with Crippen LogP contribution in [0.5, 0.6) is 0 Å². The maximum absolute atomic E-state index is 5.79. The van der Waals surface area contributed by atoms with Gasteiger partial charge < -0.3 is 14.2 Å². The quantitative estimate of drug-likeness (QED) is 0.545. The van der Waals surface area contributed by atoms with E-state index < -0.39 is 5.79 Å². The maximum Gasteiger partial charge on any atom is 0.164 e. The van der Waals surface area contributed by atoms with Gasteiger partial charge in [-0.25, -0.2) is 0 Å². The molecule has 2 saturated heterocycles. The second-order valence-corrected chi connectivity index (χ2v) is 4.98. The number of hydrogen-bond donors (Lipinski definition) is 0. The Morgan fingerprint density at radius 1 is 1.23 bits per heavy atom. The van der Waals surface area contributed by atoms with Crippen LogP contribution in [0, 0.1) is 0 Å². The predicted octanol–water partition coefficient (Wildman–Crippen LogP) is 1.73. The Morgan fingerprint density at radius 3 is 2.46 bits per heavy atom. The Balaban J connectivity index is 2.12. The first-order chi connectivity index (χ1) is 6.03. The molecule has 3 nitrogen and oxygen atoms in total. The zero-order chi connectivity index (χ0) is 9.64. The van der Waals surface area contributed by atoms with Gasteiger partial charge in [0, 0.05) is 4.43 Å². The van der Waals surface area contributed by atoms with Gasteiger partial charge in [-0.3, -0.25) is 0 Å². The first-order valence-electron chi connectivity index (χ1n) is 4.60. The molecule has 76 valence electrons. The molecular weight excluding hydrogens is 283 g/mol. The smallest absolute Gasteiger partial charge is 0.164 e. The molecule has 0 radical (unpaired) electrons. The summed E-state index contributed by atoms with van der Waals surface area (Å²) in [6, 6.07) is 0. The average Bonchev–Trinajstić information content (AvgIpc) is 2.47. The van der Waals surface area contributed by atoms with E-state index in [2.05, 4.69) is 29.5 Å². The minimum atomic E-state index is -0.433. The first-order valence-corrected chi connectivity index (χ1v) is 6.13. The molecule has 0 bridgehead atoms. The summed E-state index contributed by atoms with van der Waals surface area (Å²) < 4.78 is 18.2. The van der Waals surface area contributed by atoms with Crippen LogP contribution in [0.4, 0.5) is 0 Å². The fraction of sp³-hybridized carbons (Fsp3) is 1.00. The van der Waals surface area contributed by atoms with Crippen LogP contribution < -0.4 is 0 Å². The fourth-order valence-corrected chi connectivity index (χ4v) is 2.73. The molecule has 0 N–H and O–H groups in total. The van der Waals surface area contributed by atoms with Crippen LogP contribution >= 0.6 is 22.6 Å². The van der Waals surface area contributed by atoms with Crippen molar-refractivity contribution in [2.24, 2.45) is 0 Å². The van der Waals surface area contributed by atoms with Crippen LogP contribution in [-0.2, 0) is 14.2 Å². The summed E-state index contributed by atoms with van der Waals surface area (Å²) in [6.45, 7) is 5.97. The van der Waals surface area contributed by atoms with E-state index in [9.17, 15) is 0 Å². The van der Waals surface area contributed by atoms with Crippen molar-refractivity contribution in [1.29, 1.82) is 0 Å². The molecule has 2 rings (SSSR count). The van der Waals surface area contributed by atoms with Gasteiger partial charge in [0.1, 0.15) is 12.2 Å². The Kier molecular flexibility index (Phi) is 2.59. The zero-order valence-corrected chi connectivity index (χ0v) is 10.3. The molecule has 0 unspecified atom stereocenters. The summed E-state index contributed by atoms with van der Waals surface area (Å²) >= 11 is 2.33. The summed E-state index contributed by atoms with van der Waals surface area (Å²) in [6.07, 6.45) is 0.602. The summed E-state index contributed by atoms with van der Waals surface area (Å²) in [5.41, 5.74) is 0. The van der Waals surface area contributed by atoms with Crippen molar-refractivity contribution < 1.29 is 14.2 Å². The molecule has 2 aliphatic rings. The van der Waals surface area contributed by atoms with Crippen molar-refractivity contribution in [2.75, 3.05) is 4.43 Å². The second kappa shape index (κ2) is 3.32. The van der Waals surface area contributed by atoms with Gasteiger partial charge in [0.05, 0.1) is 12.2 Å². The monoisotopic (exact) mass is 298 g/mol. The molecule has 0 saturated carbocycles. The molecule has 0 aromatic carbocycles. The van der Waals surface area contributed by atoms with Crippen LogP contribution in [0.1, 0.15) is 20.8 Å². The van der Waals surface area contributed by atoms with E-state index in [0.717, 1.165) is 4.43 Å². The van der Waals surface area contributed by atoms with Crippen molar-refractivity contribution in [3.63, 3.8) is 0 Å². The second-order valence-electron chi connectivity index (χ2n) is 4.10. The summed E-state index contributed by atoms with van der Waals surface area (Å²) in [5, 5.41) is 0. The van der Waals surface area contributed by atoms with Crippen LogP contribution in [0.25, 0.3) is 0 Å². The molecule has 0 amide bonds. The van der Waals surface area contributed by atoms with Crippen LogP contribution in [0.2, 0.25) is 0 Å². The van der Waals surface area contributed by atoms with Crippen molar-refractivity contribution in [3.05, 3.63) is 0 Å². The molecule has 2 heterocycles. The number of ether oxygens (including phenoxy) is 3. The van der Waals surface area contributed by atoms with E-state index >= 15 is 0 Å². The Morgan fingerprint density at radius 2 is 1.85 bits per heavy atom. The Hall–Kier alpha value is 0.610. The van der Waals surface area contributed by atoms with Crippen molar-refractivity contribution in [2.45, 2.75) is 51.0 Å². The van der Waals surface area contributed by atoms with Gasteiger partial charge in [-0.2, -0.15) is 0 Å². The Bertz CT molecular complexity index is 207. The van der Waals surface area contributed by atoms with Crippen LogP contribution in [0.3, 0.4) is 0 Å². The summed E-state index contributed by atoms with van der Waals surface area (Å²) in [4.78, 5) is 0. The molecule has 4 atom stereocenters. The van der Waals surface area contributed by atoms with Gasteiger partial charge >= 0.3 is 0 Å². The highest BCUT2D eigenvalue weighted by Crippen LogP contribution is 2.38. The van der Waals surface area contributed by atoms with Crippen LogP contribution in [-0.4, -0.2) is 34.6 Å². The van der Waals surface area contributed by atoms with Crippen molar-refractivity contribution >= 4 is 22.6 Å². The lowest BCUT2D eigenvalue weighted by Gasteiger charge is -2.22. The normalized spacial score (nSPS) is 48.0. The number of hydrogen-bond acceptors (Lipinski definition) is 3. The van der Waals surface area contributed by atoms with E-state index in [1.165, 1.54) is 0 Å². The predicted molar refractivity (Wildman–Crippen MR) is 57.0 cm³/mol. The zero-order valence-electron chi connectivity index (χ0n) is 8.12. The topological polar surface area (TPSA) is 27.7 Å². The molecular formula is C9H15IO3. The maximum atomic E-state index is 5.79. The minimum absolute atomic E-state index is 0.120. The van der Waals surface area contributed by atoms with Gasteiger partial charge in [-0.05, 0) is 20.8 Å². The summed E-state index contributed by atoms with van der Waals surface area (Å²) in [5.74, 6) is -0.433. The molecule has 2 aliphatic heterocycles. The lowest BCUT2D eigenvalue weighted by molar-refractivity contribution is -0.182. The lowest BCUT2D eigenvalue weighted by Crippen LogP contribution is -2.30. The molecule has 0 spiro atoms. The molecule has 0 aliphatic carbocycles. The van der Waals surface area contributed by atoms with E-state index in [1.807, 2.05) is 13.8 Å². The highest BCUT2D eigenvalue weighted by atomic mass is 127. The van der Waals surface area contributed by atoms with Gasteiger partial charge in [0.2, 0.25) is 0 Å². The van der Waals surface area contributed by atoms with Gasteiger partial charge in [0.15, 0.2) is 5.79 Å². The fourth-order valence-electron chi connectivity index (χ4n) is 2.02. The minimum Gasteiger partial charge on any atom is -0.369 e. The number of alkyl halides is 1. The van der Waals surface area contributed by atoms with E-state index in [0.29, 0.717) is 0 Å². The van der Waals surface area contributed by atoms with Gasteiger partial charge in [-0.1, -0.05) is 22.6 Å². The molecule has 4 heteroatoms. The SMILES string of the molecule is C[C@@H]1O[C@H](CI)[C@H]2OC(C)(C)O[C@H]21.